The summed E-state index contributed by atoms with van der Waals surface area (Å²) in [4.78, 5) is 42.5. The molecule has 0 aliphatic carbocycles. The molecule has 0 radical (unpaired) electrons. The quantitative estimate of drug-likeness (QED) is 0.306. The molecule has 1 amide bonds. The van der Waals surface area contributed by atoms with E-state index in [1.165, 1.54) is 24.9 Å². The van der Waals surface area contributed by atoms with Gasteiger partial charge in [0.2, 0.25) is 5.91 Å². The van der Waals surface area contributed by atoms with Crippen LogP contribution in [0.3, 0.4) is 0 Å². The monoisotopic (exact) mass is 473 g/mol. The van der Waals surface area contributed by atoms with Crippen LogP contribution in [0.2, 0.25) is 5.02 Å². The van der Waals surface area contributed by atoms with Crippen LogP contribution in [-0.2, 0) is 16.1 Å². The third-order valence-corrected chi connectivity index (χ3v) is 6.09. The topological polar surface area (TPSA) is 90.3 Å². The summed E-state index contributed by atoms with van der Waals surface area (Å²) < 4.78 is 6.34. The highest BCUT2D eigenvalue weighted by atomic mass is 35.5. The van der Waals surface area contributed by atoms with Crippen molar-refractivity contribution >= 4 is 51.8 Å². The lowest BCUT2D eigenvalue weighted by Gasteiger charge is -2.18. The Balaban J connectivity index is 1.98. The van der Waals surface area contributed by atoms with E-state index in [9.17, 15) is 14.4 Å². The number of para-hydroxylation sites is 1. The molecule has 1 heterocycles. The van der Waals surface area contributed by atoms with Crippen molar-refractivity contribution in [3.63, 3.8) is 0 Å². The maximum atomic E-state index is 13.2. The second-order valence-electron chi connectivity index (χ2n) is 7.66. The first kappa shape index (κ1) is 23.8. The number of halogens is 1. The lowest BCUT2D eigenvalue weighted by atomic mass is 10.1. The summed E-state index contributed by atoms with van der Waals surface area (Å²) >= 11 is 7.31. The molecule has 3 rings (SSSR count). The molecule has 2 aromatic carbocycles. The second kappa shape index (κ2) is 10.2. The van der Waals surface area contributed by atoms with Gasteiger partial charge in [0.1, 0.15) is 0 Å². The Morgan fingerprint density at radius 2 is 1.91 bits per heavy atom. The zero-order valence-corrected chi connectivity index (χ0v) is 19.8. The minimum Gasteiger partial charge on any atom is -0.465 e. The third-order valence-electron chi connectivity index (χ3n) is 4.67. The molecule has 9 heteroatoms. The summed E-state index contributed by atoms with van der Waals surface area (Å²) in [5.41, 5.74) is 0.967. The SMILES string of the molecule is COC(=O)c1ccc2c(=O)n(CC(C)C)c(S[C@@H](C)C(=O)Nc3ccccc3Cl)nc2c1. The zero-order chi connectivity index (χ0) is 23.4. The van der Waals surface area contributed by atoms with Gasteiger partial charge in [-0.15, -0.1) is 0 Å². The van der Waals surface area contributed by atoms with Crippen LogP contribution in [0.5, 0.6) is 0 Å². The van der Waals surface area contributed by atoms with E-state index in [4.69, 9.17) is 16.3 Å². The summed E-state index contributed by atoms with van der Waals surface area (Å²) in [5.74, 6) is -0.591. The molecular weight excluding hydrogens is 450 g/mol. The Kier molecular flexibility index (Phi) is 7.58. The zero-order valence-electron chi connectivity index (χ0n) is 18.2. The fourth-order valence-corrected chi connectivity index (χ4v) is 4.17. The van der Waals surface area contributed by atoms with Crippen molar-refractivity contribution in [1.82, 2.24) is 9.55 Å². The number of nitrogens with zero attached hydrogens (tertiary/aromatic N) is 2. The molecule has 0 spiro atoms. The number of aromatic nitrogens is 2. The van der Waals surface area contributed by atoms with Gasteiger partial charge in [0.15, 0.2) is 5.16 Å². The van der Waals surface area contributed by atoms with E-state index < -0.39 is 11.2 Å². The molecule has 0 aliphatic heterocycles. The van der Waals surface area contributed by atoms with Crippen LogP contribution < -0.4 is 10.9 Å². The van der Waals surface area contributed by atoms with Gasteiger partial charge in [0.25, 0.3) is 5.56 Å². The van der Waals surface area contributed by atoms with Crippen LogP contribution in [0.25, 0.3) is 10.9 Å². The van der Waals surface area contributed by atoms with Crippen LogP contribution in [0, 0.1) is 5.92 Å². The number of carbonyl (C=O) groups excluding carboxylic acids is 2. The van der Waals surface area contributed by atoms with Gasteiger partial charge in [0, 0.05) is 6.54 Å². The molecule has 0 fully saturated rings. The molecule has 0 saturated carbocycles. The molecule has 1 atom stereocenters. The lowest BCUT2D eigenvalue weighted by molar-refractivity contribution is -0.115. The predicted molar refractivity (Wildman–Crippen MR) is 128 cm³/mol. The van der Waals surface area contributed by atoms with Gasteiger partial charge in [-0.3, -0.25) is 14.2 Å². The van der Waals surface area contributed by atoms with Crippen molar-refractivity contribution in [2.45, 2.75) is 37.7 Å². The van der Waals surface area contributed by atoms with E-state index >= 15 is 0 Å². The number of carbonyl (C=O) groups is 2. The van der Waals surface area contributed by atoms with Crippen LogP contribution in [-0.4, -0.2) is 33.8 Å². The predicted octanol–water partition coefficient (Wildman–Crippen LogP) is 4.61. The molecule has 168 valence electrons. The number of rotatable bonds is 7. The minimum atomic E-state index is -0.558. The highest BCUT2D eigenvalue weighted by Crippen LogP contribution is 2.26. The normalized spacial score (nSPS) is 12.1. The Labute approximate surface area is 195 Å². The molecule has 0 aliphatic rings. The van der Waals surface area contributed by atoms with Crippen molar-refractivity contribution in [2.24, 2.45) is 5.92 Å². The van der Waals surface area contributed by atoms with E-state index in [1.54, 1.807) is 47.9 Å². The first-order chi connectivity index (χ1) is 15.2. The van der Waals surface area contributed by atoms with Gasteiger partial charge in [-0.1, -0.05) is 49.3 Å². The van der Waals surface area contributed by atoms with Crippen molar-refractivity contribution in [3.8, 4) is 0 Å². The van der Waals surface area contributed by atoms with Gasteiger partial charge >= 0.3 is 5.97 Å². The fraction of sp³-hybridized carbons (Fsp3) is 0.304. The van der Waals surface area contributed by atoms with E-state index in [0.717, 1.165) is 0 Å². The van der Waals surface area contributed by atoms with Gasteiger partial charge in [-0.25, -0.2) is 9.78 Å². The standard InChI is InChI=1S/C23H24ClN3O4S/c1-13(2)12-27-21(29)16-10-9-15(22(30)31-4)11-19(16)26-23(27)32-14(3)20(28)25-18-8-6-5-7-17(18)24/h5-11,13-14H,12H2,1-4H3,(H,25,28)/t14-/m0/s1. The van der Waals surface area contributed by atoms with Crippen LogP contribution >= 0.6 is 23.4 Å². The molecular formula is C23H24ClN3O4S. The molecule has 3 aromatic rings. The molecule has 7 nitrogen and oxygen atoms in total. The number of ether oxygens (including phenoxy) is 1. The number of amides is 1. The van der Waals surface area contributed by atoms with Gasteiger partial charge < -0.3 is 10.1 Å². The molecule has 0 unspecified atom stereocenters. The van der Waals surface area contributed by atoms with Crippen LogP contribution in [0.15, 0.2) is 52.4 Å². The van der Waals surface area contributed by atoms with E-state index in [-0.39, 0.29) is 17.4 Å². The molecule has 0 saturated heterocycles. The number of fused-ring (bicyclic) bond motifs is 1. The highest BCUT2D eigenvalue weighted by Gasteiger charge is 2.21. The first-order valence-electron chi connectivity index (χ1n) is 10.1. The van der Waals surface area contributed by atoms with Crippen LogP contribution in [0.1, 0.15) is 31.1 Å². The molecule has 1 N–H and O–H groups in total. The summed E-state index contributed by atoms with van der Waals surface area (Å²) in [7, 11) is 1.29. The Morgan fingerprint density at radius 1 is 1.19 bits per heavy atom. The number of esters is 1. The highest BCUT2D eigenvalue weighted by molar-refractivity contribution is 8.00. The van der Waals surface area contributed by atoms with Crippen molar-refractivity contribution in [2.75, 3.05) is 12.4 Å². The number of anilines is 1. The van der Waals surface area contributed by atoms with E-state index in [1.807, 2.05) is 13.8 Å². The first-order valence-corrected chi connectivity index (χ1v) is 11.3. The summed E-state index contributed by atoms with van der Waals surface area (Å²) in [6.07, 6.45) is 0. The maximum absolute atomic E-state index is 13.2. The number of hydrogen-bond donors (Lipinski definition) is 1. The average molecular weight is 474 g/mol. The molecule has 0 bridgehead atoms. The van der Waals surface area contributed by atoms with Gasteiger partial charge in [0.05, 0.1) is 39.5 Å². The number of methoxy groups -OCH3 is 1. The smallest absolute Gasteiger partial charge is 0.337 e. The number of thioether (sulfide) groups is 1. The summed E-state index contributed by atoms with van der Waals surface area (Å²) in [5, 5.41) is 3.49. The van der Waals surface area contributed by atoms with Gasteiger partial charge in [-0.2, -0.15) is 0 Å². The Morgan fingerprint density at radius 3 is 2.56 bits per heavy atom. The van der Waals surface area contributed by atoms with Gasteiger partial charge in [-0.05, 0) is 43.2 Å². The van der Waals surface area contributed by atoms with Crippen molar-refractivity contribution < 1.29 is 14.3 Å². The minimum absolute atomic E-state index is 0.188. The average Bonchev–Trinajstić information content (AvgIpc) is 2.76. The second-order valence-corrected chi connectivity index (χ2v) is 9.37. The summed E-state index contributed by atoms with van der Waals surface area (Å²) in [6.45, 7) is 6.18. The van der Waals surface area contributed by atoms with E-state index in [0.29, 0.717) is 38.9 Å². The van der Waals surface area contributed by atoms with Crippen molar-refractivity contribution in [1.29, 1.82) is 0 Å². The Hall–Kier alpha value is -2.84. The Bertz CT molecular complexity index is 1230. The molecule has 1 aromatic heterocycles. The maximum Gasteiger partial charge on any atom is 0.337 e. The van der Waals surface area contributed by atoms with Crippen LogP contribution in [0.4, 0.5) is 5.69 Å². The van der Waals surface area contributed by atoms with Crippen molar-refractivity contribution in [3.05, 3.63) is 63.4 Å². The number of nitrogens with one attached hydrogen (secondary N) is 1. The number of hydrogen-bond acceptors (Lipinski definition) is 6. The fourth-order valence-electron chi connectivity index (χ4n) is 3.07. The molecule has 32 heavy (non-hydrogen) atoms. The third kappa shape index (κ3) is 5.31. The number of benzene rings is 2. The lowest BCUT2D eigenvalue weighted by Crippen LogP contribution is -2.28. The summed E-state index contributed by atoms with van der Waals surface area (Å²) in [6, 6.07) is 11.6. The van der Waals surface area contributed by atoms with E-state index in [2.05, 4.69) is 10.3 Å². The largest absolute Gasteiger partial charge is 0.465 e.